The maximum absolute atomic E-state index is 11.8. The molecule has 0 saturated heterocycles. The van der Waals surface area contributed by atoms with Gasteiger partial charge in [0.25, 0.3) is 0 Å². The van der Waals surface area contributed by atoms with Crippen molar-refractivity contribution in [2.45, 2.75) is 19.4 Å². The van der Waals surface area contributed by atoms with E-state index in [2.05, 4.69) is 11.1 Å². The number of ether oxygens (including phenoxy) is 1. The van der Waals surface area contributed by atoms with Gasteiger partial charge in [0.1, 0.15) is 17.4 Å². The number of nitrogens with one attached hydrogen (secondary N) is 1. The number of aromatic nitrogens is 1. The number of cyclic esters (lactones) is 1. The standard InChI is InChI=1S/C16H15N3O2/c1-16(2)12-8-10(13-6-5-11(9-17)18-13)4-7-14(12)19(3)15(20)21-16/h4-8,18H,1-3H3. The van der Waals surface area contributed by atoms with E-state index < -0.39 is 5.60 Å². The summed E-state index contributed by atoms with van der Waals surface area (Å²) in [5.74, 6) is 0. The third kappa shape index (κ3) is 2.05. The number of nitriles is 1. The number of anilines is 1. The highest BCUT2D eigenvalue weighted by molar-refractivity contribution is 5.91. The van der Waals surface area contributed by atoms with Crippen LogP contribution in [0.5, 0.6) is 0 Å². The summed E-state index contributed by atoms with van der Waals surface area (Å²) in [5.41, 5.74) is 3.44. The zero-order valence-electron chi connectivity index (χ0n) is 12.1. The fraction of sp³-hybridized carbons (Fsp3) is 0.250. The van der Waals surface area contributed by atoms with Gasteiger partial charge in [0.05, 0.1) is 5.69 Å². The summed E-state index contributed by atoms with van der Waals surface area (Å²) in [4.78, 5) is 16.4. The summed E-state index contributed by atoms with van der Waals surface area (Å²) in [7, 11) is 1.69. The Labute approximate surface area is 122 Å². The van der Waals surface area contributed by atoms with E-state index in [9.17, 15) is 4.79 Å². The molecule has 2 heterocycles. The van der Waals surface area contributed by atoms with E-state index in [1.165, 1.54) is 4.90 Å². The number of carbonyl (C=O) groups excluding carboxylic acids is 1. The van der Waals surface area contributed by atoms with Crippen LogP contribution < -0.4 is 4.90 Å². The molecule has 1 aromatic heterocycles. The molecule has 0 aliphatic carbocycles. The van der Waals surface area contributed by atoms with Gasteiger partial charge in [-0.25, -0.2) is 4.79 Å². The molecule has 106 valence electrons. The quantitative estimate of drug-likeness (QED) is 0.871. The normalized spacial score (nSPS) is 16.1. The average Bonchev–Trinajstić information content (AvgIpc) is 2.93. The lowest BCUT2D eigenvalue weighted by molar-refractivity contribution is 0.0362. The van der Waals surface area contributed by atoms with E-state index in [4.69, 9.17) is 10.00 Å². The van der Waals surface area contributed by atoms with Crippen LogP contribution in [0.1, 0.15) is 25.1 Å². The summed E-state index contributed by atoms with van der Waals surface area (Å²) in [6.45, 7) is 3.74. The van der Waals surface area contributed by atoms with Gasteiger partial charge >= 0.3 is 6.09 Å². The number of hydrogen-bond acceptors (Lipinski definition) is 3. The molecule has 0 radical (unpaired) electrons. The highest BCUT2D eigenvalue weighted by Crippen LogP contribution is 2.40. The van der Waals surface area contributed by atoms with Crippen molar-refractivity contribution in [3.63, 3.8) is 0 Å². The lowest BCUT2D eigenvalue weighted by atomic mass is 9.92. The predicted molar refractivity (Wildman–Crippen MR) is 78.9 cm³/mol. The fourth-order valence-electron chi connectivity index (χ4n) is 2.55. The second-order valence-electron chi connectivity index (χ2n) is 5.57. The third-order valence-corrected chi connectivity index (χ3v) is 3.74. The Morgan fingerprint density at radius 3 is 2.71 bits per heavy atom. The average molecular weight is 281 g/mol. The number of aromatic amines is 1. The van der Waals surface area contributed by atoms with Gasteiger partial charge in [-0.15, -0.1) is 0 Å². The Bertz CT molecular complexity index is 768. The molecule has 0 saturated carbocycles. The molecule has 0 bridgehead atoms. The summed E-state index contributed by atoms with van der Waals surface area (Å²) < 4.78 is 5.45. The van der Waals surface area contributed by atoms with E-state index in [1.807, 2.05) is 38.1 Å². The molecule has 0 spiro atoms. The SMILES string of the molecule is CN1C(=O)OC(C)(C)c2cc(-c3ccc(C#N)[nH]3)ccc21. The van der Waals surface area contributed by atoms with Crippen molar-refractivity contribution in [3.05, 3.63) is 41.6 Å². The van der Waals surface area contributed by atoms with Gasteiger partial charge in [0.15, 0.2) is 0 Å². The van der Waals surface area contributed by atoms with Gasteiger partial charge in [0.2, 0.25) is 0 Å². The van der Waals surface area contributed by atoms with Gasteiger partial charge in [-0.3, -0.25) is 4.90 Å². The van der Waals surface area contributed by atoms with Crippen molar-refractivity contribution in [2.24, 2.45) is 0 Å². The van der Waals surface area contributed by atoms with Gasteiger partial charge in [-0.05, 0) is 43.7 Å². The topological polar surface area (TPSA) is 69.1 Å². The van der Waals surface area contributed by atoms with Crippen LogP contribution in [-0.2, 0) is 10.3 Å². The number of benzene rings is 1. The van der Waals surface area contributed by atoms with Gasteiger partial charge in [-0.2, -0.15) is 5.26 Å². The summed E-state index contributed by atoms with van der Waals surface area (Å²) >= 11 is 0. The first-order valence-electron chi connectivity index (χ1n) is 6.63. The molecule has 5 nitrogen and oxygen atoms in total. The molecule has 0 fully saturated rings. The van der Waals surface area contributed by atoms with Crippen LogP contribution in [0.25, 0.3) is 11.3 Å². The van der Waals surface area contributed by atoms with E-state index in [1.54, 1.807) is 13.1 Å². The zero-order chi connectivity index (χ0) is 15.2. The minimum atomic E-state index is -0.681. The Kier molecular flexibility index (Phi) is 2.77. The number of fused-ring (bicyclic) bond motifs is 1. The van der Waals surface area contributed by atoms with Gasteiger partial charge < -0.3 is 9.72 Å². The Hall–Kier alpha value is -2.74. The second-order valence-corrected chi connectivity index (χ2v) is 5.57. The lowest BCUT2D eigenvalue weighted by Crippen LogP contribution is -2.41. The second kappa shape index (κ2) is 4.38. The highest BCUT2D eigenvalue weighted by Gasteiger charge is 2.36. The Morgan fingerprint density at radius 2 is 2.05 bits per heavy atom. The molecule has 1 aliphatic heterocycles. The Morgan fingerprint density at radius 1 is 1.29 bits per heavy atom. The number of hydrogen-bond donors (Lipinski definition) is 1. The van der Waals surface area contributed by atoms with E-state index in [0.717, 1.165) is 22.5 Å². The molecular weight excluding hydrogens is 266 g/mol. The number of rotatable bonds is 1. The van der Waals surface area contributed by atoms with E-state index in [0.29, 0.717) is 5.69 Å². The van der Waals surface area contributed by atoms with Crippen molar-refractivity contribution in [2.75, 3.05) is 11.9 Å². The number of nitrogens with zero attached hydrogens (tertiary/aromatic N) is 2. The van der Waals surface area contributed by atoms with E-state index >= 15 is 0 Å². The molecule has 1 N–H and O–H groups in total. The molecule has 1 aromatic carbocycles. The molecule has 1 aliphatic rings. The monoisotopic (exact) mass is 281 g/mol. The molecule has 3 rings (SSSR count). The molecule has 5 heteroatoms. The maximum atomic E-state index is 11.8. The van der Waals surface area contributed by atoms with E-state index in [-0.39, 0.29) is 6.09 Å². The minimum absolute atomic E-state index is 0.355. The van der Waals surface area contributed by atoms with Gasteiger partial charge in [-0.1, -0.05) is 6.07 Å². The van der Waals surface area contributed by atoms with Crippen LogP contribution >= 0.6 is 0 Å². The summed E-state index contributed by atoms with van der Waals surface area (Å²) in [6.07, 6.45) is -0.355. The number of amides is 1. The molecule has 0 atom stereocenters. The van der Waals surface area contributed by atoms with Crippen molar-refractivity contribution < 1.29 is 9.53 Å². The first-order valence-corrected chi connectivity index (χ1v) is 6.63. The predicted octanol–water partition coefficient (Wildman–Crippen LogP) is 3.37. The van der Waals surface area contributed by atoms with Crippen molar-refractivity contribution in [3.8, 4) is 17.3 Å². The zero-order valence-corrected chi connectivity index (χ0v) is 12.1. The highest BCUT2D eigenvalue weighted by atomic mass is 16.6. The largest absolute Gasteiger partial charge is 0.438 e. The number of H-pyrrole nitrogens is 1. The van der Waals surface area contributed by atoms with Crippen molar-refractivity contribution in [1.29, 1.82) is 5.26 Å². The fourth-order valence-corrected chi connectivity index (χ4v) is 2.55. The van der Waals surface area contributed by atoms with Crippen molar-refractivity contribution >= 4 is 11.8 Å². The van der Waals surface area contributed by atoms with Crippen LogP contribution in [0.2, 0.25) is 0 Å². The van der Waals surface area contributed by atoms with Crippen LogP contribution in [0.15, 0.2) is 30.3 Å². The first kappa shape index (κ1) is 13.3. The van der Waals surface area contributed by atoms with Crippen LogP contribution in [0.3, 0.4) is 0 Å². The maximum Gasteiger partial charge on any atom is 0.414 e. The smallest absolute Gasteiger partial charge is 0.414 e. The summed E-state index contributed by atoms with van der Waals surface area (Å²) in [6, 6.07) is 11.5. The van der Waals surface area contributed by atoms with Crippen LogP contribution in [0, 0.1) is 11.3 Å². The molecule has 21 heavy (non-hydrogen) atoms. The van der Waals surface area contributed by atoms with Crippen LogP contribution in [-0.4, -0.2) is 18.1 Å². The van der Waals surface area contributed by atoms with Crippen molar-refractivity contribution in [1.82, 2.24) is 4.98 Å². The summed E-state index contributed by atoms with van der Waals surface area (Å²) in [5, 5.41) is 8.89. The third-order valence-electron chi connectivity index (χ3n) is 3.74. The minimum Gasteiger partial charge on any atom is -0.438 e. The molecule has 2 aromatic rings. The Balaban J connectivity index is 2.13. The lowest BCUT2D eigenvalue weighted by Gasteiger charge is -2.37. The van der Waals surface area contributed by atoms with Gasteiger partial charge in [0, 0.05) is 18.3 Å². The molecular formula is C16H15N3O2. The number of carbonyl (C=O) groups is 1. The molecule has 1 amide bonds. The van der Waals surface area contributed by atoms with Crippen LogP contribution in [0.4, 0.5) is 10.5 Å². The first-order chi connectivity index (χ1) is 9.92. The molecule has 0 unspecified atom stereocenters.